The van der Waals surface area contributed by atoms with E-state index >= 15 is 0 Å². The van der Waals surface area contributed by atoms with Crippen LogP contribution in [0.2, 0.25) is 0 Å². The highest BCUT2D eigenvalue weighted by Crippen LogP contribution is 2.26. The summed E-state index contributed by atoms with van der Waals surface area (Å²) >= 11 is 2.02. The zero-order chi connectivity index (χ0) is 11.4. The zero-order valence-electron chi connectivity index (χ0n) is 9.11. The molecule has 0 atom stereocenters. The van der Waals surface area contributed by atoms with E-state index in [0.717, 1.165) is 24.5 Å². The Morgan fingerprint density at radius 2 is 2.25 bits per heavy atom. The lowest BCUT2D eigenvalue weighted by Gasteiger charge is -2.20. The molecule has 1 saturated heterocycles. The van der Waals surface area contributed by atoms with Gasteiger partial charge >= 0.3 is 5.56 Å². The molecule has 0 saturated carbocycles. The summed E-state index contributed by atoms with van der Waals surface area (Å²) < 4.78 is 0. The van der Waals surface area contributed by atoms with Crippen LogP contribution in [0.25, 0.3) is 0 Å². The number of aromatic amines is 1. The molecule has 2 heterocycles. The average Bonchev–Trinajstić information content (AvgIpc) is 2.32. The van der Waals surface area contributed by atoms with Gasteiger partial charge in [0.25, 0.3) is 0 Å². The minimum Gasteiger partial charge on any atom is -0.503 e. The SMILES string of the molecule is O=c1[nH]nc(CCC2CCSCC2)cc1O. The highest BCUT2D eigenvalue weighted by Gasteiger charge is 2.14. The fourth-order valence-electron chi connectivity index (χ4n) is 1.95. The second-order valence-corrected chi connectivity index (χ2v) is 5.39. The molecule has 0 radical (unpaired) electrons. The summed E-state index contributed by atoms with van der Waals surface area (Å²) in [4.78, 5) is 10.9. The fourth-order valence-corrected chi connectivity index (χ4v) is 3.15. The molecule has 5 heteroatoms. The van der Waals surface area contributed by atoms with Gasteiger partial charge in [-0.15, -0.1) is 0 Å². The topological polar surface area (TPSA) is 66.0 Å². The van der Waals surface area contributed by atoms with Crippen LogP contribution in [0.4, 0.5) is 0 Å². The lowest BCUT2D eigenvalue weighted by Crippen LogP contribution is -2.13. The third kappa shape index (κ3) is 3.01. The molecule has 1 aromatic heterocycles. The van der Waals surface area contributed by atoms with Crippen molar-refractivity contribution in [2.45, 2.75) is 25.7 Å². The number of hydrogen-bond donors (Lipinski definition) is 2. The Balaban J connectivity index is 1.88. The first-order valence-electron chi connectivity index (χ1n) is 5.61. The van der Waals surface area contributed by atoms with E-state index in [9.17, 15) is 9.90 Å². The predicted molar refractivity (Wildman–Crippen MR) is 64.9 cm³/mol. The van der Waals surface area contributed by atoms with Crippen LogP contribution < -0.4 is 5.56 Å². The highest BCUT2D eigenvalue weighted by atomic mass is 32.2. The number of nitrogens with zero attached hydrogens (tertiary/aromatic N) is 1. The first kappa shape index (κ1) is 11.5. The number of nitrogens with one attached hydrogen (secondary N) is 1. The first-order valence-corrected chi connectivity index (χ1v) is 6.76. The molecule has 0 aliphatic carbocycles. The van der Waals surface area contributed by atoms with Crippen LogP contribution in [-0.2, 0) is 6.42 Å². The lowest BCUT2D eigenvalue weighted by atomic mass is 9.96. The minimum atomic E-state index is -0.516. The number of thioether (sulfide) groups is 1. The molecule has 1 aromatic rings. The molecule has 0 aromatic carbocycles. The molecule has 0 unspecified atom stereocenters. The Hall–Kier alpha value is -0.970. The molecule has 1 aliphatic heterocycles. The Morgan fingerprint density at radius 1 is 1.50 bits per heavy atom. The van der Waals surface area contributed by atoms with E-state index < -0.39 is 5.56 Å². The molecule has 0 spiro atoms. The van der Waals surface area contributed by atoms with E-state index in [4.69, 9.17) is 0 Å². The van der Waals surface area contributed by atoms with Crippen LogP contribution >= 0.6 is 11.8 Å². The number of H-pyrrole nitrogens is 1. The molecule has 4 nitrogen and oxygen atoms in total. The Bertz CT molecular complexity index is 399. The standard InChI is InChI=1S/C11H16N2O2S/c14-10-7-9(12-13-11(10)15)2-1-8-3-5-16-6-4-8/h7-8H,1-6H2,(H,12,14)(H,13,15). The maximum absolute atomic E-state index is 10.9. The van der Waals surface area contributed by atoms with Gasteiger partial charge in [-0.05, 0) is 43.1 Å². The minimum absolute atomic E-state index is 0.232. The summed E-state index contributed by atoms with van der Waals surface area (Å²) in [6, 6.07) is 1.47. The quantitative estimate of drug-likeness (QED) is 0.841. The zero-order valence-corrected chi connectivity index (χ0v) is 9.92. The van der Waals surface area contributed by atoms with Gasteiger partial charge in [0.05, 0.1) is 5.69 Å². The normalized spacial score (nSPS) is 17.5. The summed E-state index contributed by atoms with van der Waals surface area (Å²) in [6.45, 7) is 0. The summed E-state index contributed by atoms with van der Waals surface area (Å²) in [7, 11) is 0. The van der Waals surface area contributed by atoms with Crippen LogP contribution in [-0.4, -0.2) is 26.8 Å². The monoisotopic (exact) mass is 240 g/mol. The summed E-state index contributed by atoms with van der Waals surface area (Å²) in [5.74, 6) is 3.06. The van der Waals surface area contributed by atoms with Crippen LogP contribution in [0, 0.1) is 5.92 Å². The highest BCUT2D eigenvalue weighted by molar-refractivity contribution is 7.99. The third-order valence-electron chi connectivity index (χ3n) is 2.99. The third-order valence-corrected chi connectivity index (χ3v) is 4.04. The predicted octanol–water partition coefficient (Wildman–Crippen LogP) is 1.55. The number of aromatic nitrogens is 2. The van der Waals surface area contributed by atoms with Gasteiger partial charge in [0.2, 0.25) is 0 Å². The average molecular weight is 240 g/mol. The maximum atomic E-state index is 10.9. The van der Waals surface area contributed by atoms with Gasteiger partial charge in [-0.25, -0.2) is 5.10 Å². The summed E-state index contributed by atoms with van der Waals surface area (Å²) in [5, 5.41) is 15.5. The second kappa shape index (κ2) is 5.39. The van der Waals surface area contributed by atoms with Crippen molar-refractivity contribution in [1.29, 1.82) is 0 Å². The van der Waals surface area contributed by atoms with Crippen molar-refractivity contribution in [3.8, 4) is 5.75 Å². The molecule has 16 heavy (non-hydrogen) atoms. The van der Waals surface area contributed by atoms with Crippen molar-refractivity contribution in [2.24, 2.45) is 5.92 Å². The molecule has 0 bridgehead atoms. The van der Waals surface area contributed by atoms with E-state index in [-0.39, 0.29) is 5.75 Å². The van der Waals surface area contributed by atoms with Gasteiger partial charge in [0, 0.05) is 6.07 Å². The van der Waals surface area contributed by atoms with Crippen LogP contribution in [0.1, 0.15) is 25.0 Å². The van der Waals surface area contributed by atoms with Gasteiger partial charge in [0.1, 0.15) is 0 Å². The van der Waals surface area contributed by atoms with Gasteiger partial charge in [0.15, 0.2) is 5.75 Å². The van der Waals surface area contributed by atoms with E-state index in [2.05, 4.69) is 10.2 Å². The molecule has 2 rings (SSSR count). The molecule has 1 fully saturated rings. The first-order chi connectivity index (χ1) is 7.75. The van der Waals surface area contributed by atoms with Gasteiger partial charge in [-0.3, -0.25) is 4.79 Å². The van der Waals surface area contributed by atoms with E-state index in [1.807, 2.05) is 11.8 Å². The van der Waals surface area contributed by atoms with Crippen molar-refractivity contribution in [2.75, 3.05) is 11.5 Å². The van der Waals surface area contributed by atoms with Crippen molar-refractivity contribution in [3.63, 3.8) is 0 Å². The Labute approximate surface area is 98.5 Å². The van der Waals surface area contributed by atoms with Crippen molar-refractivity contribution >= 4 is 11.8 Å². The van der Waals surface area contributed by atoms with Crippen LogP contribution in [0.15, 0.2) is 10.9 Å². The number of aromatic hydroxyl groups is 1. The van der Waals surface area contributed by atoms with E-state index in [0.29, 0.717) is 0 Å². The number of rotatable bonds is 3. The number of hydrogen-bond acceptors (Lipinski definition) is 4. The molecular formula is C11H16N2O2S. The van der Waals surface area contributed by atoms with Crippen LogP contribution in [0.5, 0.6) is 5.75 Å². The summed E-state index contributed by atoms with van der Waals surface area (Å²) in [5.41, 5.74) is 0.258. The molecule has 2 N–H and O–H groups in total. The second-order valence-electron chi connectivity index (χ2n) is 4.17. The van der Waals surface area contributed by atoms with Gasteiger partial charge in [-0.2, -0.15) is 16.9 Å². The van der Waals surface area contributed by atoms with Crippen molar-refractivity contribution in [3.05, 3.63) is 22.1 Å². The Kier molecular flexibility index (Phi) is 3.88. The van der Waals surface area contributed by atoms with Crippen LogP contribution in [0.3, 0.4) is 0 Å². The maximum Gasteiger partial charge on any atom is 0.306 e. The molecular weight excluding hydrogens is 224 g/mol. The summed E-state index contributed by atoms with van der Waals surface area (Å²) in [6.07, 6.45) is 4.48. The lowest BCUT2D eigenvalue weighted by molar-refractivity contribution is 0.444. The van der Waals surface area contributed by atoms with E-state index in [1.165, 1.54) is 30.4 Å². The van der Waals surface area contributed by atoms with Crippen molar-refractivity contribution < 1.29 is 5.11 Å². The largest absolute Gasteiger partial charge is 0.503 e. The molecule has 1 aliphatic rings. The number of aryl methyl sites for hydroxylation is 1. The molecule has 88 valence electrons. The fraction of sp³-hybridized carbons (Fsp3) is 0.636. The Morgan fingerprint density at radius 3 is 2.94 bits per heavy atom. The van der Waals surface area contributed by atoms with Gasteiger partial charge < -0.3 is 5.11 Å². The van der Waals surface area contributed by atoms with Gasteiger partial charge in [-0.1, -0.05) is 0 Å². The van der Waals surface area contributed by atoms with E-state index in [1.54, 1.807) is 0 Å². The molecule has 0 amide bonds. The smallest absolute Gasteiger partial charge is 0.306 e. The van der Waals surface area contributed by atoms with Crippen molar-refractivity contribution in [1.82, 2.24) is 10.2 Å².